The second-order valence-corrected chi connectivity index (χ2v) is 5.43. The van der Waals surface area contributed by atoms with Gasteiger partial charge in [-0.05, 0) is 0 Å². The predicted octanol–water partition coefficient (Wildman–Crippen LogP) is -1.50. The fourth-order valence-corrected chi connectivity index (χ4v) is 2.66. The Morgan fingerprint density at radius 3 is 2.50 bits per heavy atom. The van der Waals surface area contributed by atoms with Gasteiger partial charge in [-0.15, -0.1) is 0 Å². The molecule has 1 N–H and O–H groups in total. The van der Waals surface area contributed by atoms with E-state index in [1.807, 2.05) is 0 Å². The number of imide groups is 1. The van der Waals surface area contributed by atoms with Gasteiger partial charge in [0.05, 0.1) is 0 Å². The topological polar surface area (TPSA) is 73.0 Å². The van der Waals surface area contributed by atoms with Gasteiger partial charge in [0.2, 0.25) is 17.7 Å². The number of piperazine rings is 1. The SMILES string of the molecule is CN(C)C(=O)C1CNCCN1CCN1C(=O)CCC1=O. The summed E-state index contributed by atoms with van der Waals surface area (Å²) in [6.07, 6.45) is 0.640. The van der Waals surface area contributed by atoms with Crippen molar-refractivity contribution >= 4 is 17.7 Å². The van der Waals surface area contributed by atoms with Crippen molar-refractivity contribution < 1.29 is 14.4 Å². The third-order valence-corrected chi connectivity index (χ3v) is 3.85. The van der Waals surface area contributed by atoms with Crippen molar-refractivity contribution in [3.63, 3.8) is 0 Å². The summed E-state index contributed by atoms with van der Waals surface area (Å²) in [6.45, 7) is 3.12. The van der Waals surface area contributed by atoms with Crippen LogP contribution in [0, 0.1) is 0 Å². The van der Waals surface area contributed by atoms with Crippen LogP contribution in [0.15, 0.2) is 0 Å². The molecule has 3 amide bonds. The van der Waals surface area contributed by atoms with Crippen molar-refractivity contribution in [3.05, 3.63) is 0 Å². The van der Waals surface area contributed by atoms with Crippen molar-refractivity contribution in [2.75, 3.05) is 46.8 Å². The number of carbonyl (C=O) groups is 3. The van der Waals surface area contributed by atoms with E-state index in [1.165, 1.54) is 4.90 Å². The molecule has 0 aliphatic carbocycles. The van der Waals surface area contributed by atoms with Gasteiger partial charge < -0.3 is 10.2 Å². The molecular formula is C13H22N4O3. The van der Waals surface area contributed by atoms with Gasteiger partial charge in [-0.2, -0.15) is 0 Å². The molecule has 2 aliphatic rings. The van der Waals surface area contributed by atoms with E-state index < -0.39 is 0 Å². The number of likely N-dealkylation sites (tertiary alicyclic amines) is 1. The first-order valence-electron chi connectivity index (χ1n) is 7.00. The molecule has 0 bridgehead atoms. The van der Waals surface area contributed by atoms with E-state index in [-0.39, 0.29) is 23.8 Å². The van der Waals surface area contributed by atoms with E-state index in [1.54, 1.807) is 19.0 Å². The van der Waals surface area contributed by atoms with Gasteiger partial charge in [-0.1, -0.05) is 0 Å². The van der Waals surface area contributed by atoms with E-state index in [9.17, 15) is 14.4 Å². The highest BCUT2D eigenvalue weighted by Crippen LogP contribution is 2.12. The van der Waals surface area contributed by atoms with Crippen LogP contribution in [0.2, 0.25) is 0 Å². The molecule has 0 aromatic heterocycles. The van der Waals surface area contributed by atoms with Crippen LogP contribution in [0.3, 0.4) is 0 Å². The largest absolute Gasteiger partial charge is 0.347 e. The molecule has 0 aromatic rings. The normalized spacial score (nSPS) is 24.3. The molecule has 0 radical (unpaired) electrons. The third kappa shape index (κ3) is 3.16. The van der Waals surface area contributed by atoms with Gasteiger partial charge in [-0.3, -0.25) is 24.2 Å². The number of likely N-dealkylation sites (N-methyl/N-ethyl adjacent to an activating group) is 1. The molecule has 0 aromatic carbocycles. The van der Waals surface area contributed by atoms with Crippen LogP contribution >= 0.6 is 0 Å². The highest BCUT2D eigenvalue weighted by atomic mass is 16.2. The molecule has 1 atom stereocenters. The molecule has 2 fully saturated rings. The minimum atomic E-state index is -0.216. The maximum Gasteiger partial charge on any atom is 0.240 e. The van der Waals surface area contributed by atoms with Gasteiger partial charge in [-0.25, -0.2) is 0 Å². The van der Waals surface area contributed by atoms with Crippen LogP contribution in [0.1, 0.15) is 12.8 Å². The second-order valence-electron chi connectivity index (χ2n) is 5.43. The Hall–Kier alpha value is -1.47. The van der Waals surface area contributed by atoms with Crippen LogP contribution in [-0.4, -0.2) is 85.3 Å². The maximum absolute atomic E-state index is 12.1. The lowest BCUT2D eigenvalue weighted by atomic mass is 10.1. The molecule has 7 heteroatoms. The van der Waals surface area contributed by atoms with Crippen LogP contribution in [0.4, 0.5) is 0 Å². The Kier molecular flexibility index (Phi) is 4.72. The number of nitrogens with one attached hydrogen (secondary N) is 1. The summed E-state index contributed by atoms with van der Waals surface area (Å²) in [5.74, 6) is -0.141. The predicted molar refractivity (Wildman–Crippen MR) is 72.9 cm³/mol. The third-order valence-electron chi connectivity index (χ3n) is 3.85. The minimum absolute atomic E-state index is 0.0521. The smallest absolute Gasteiger partial charge is 0.240 e. The maximum atomic E-state index is 12.1. The van der Waals surface area contributed by atoms with Crippen molar-refractivity contribution in [3.8, 4) is 0 Å². The first-order chi connectivity index (χ1) is 9.50. The molecule has 2 aliphatic heterocycles. The lowest BCUT2D eigenvalue weighted by molar-refractivity contribution is -0.139. The lowest BCUT2D eigenvalue weighted by Gasteiger charge is -2.37. The van der Waals surface area contributed by atoms with E-state index in [4.69, 9.17) is 0 Å². The average Bonchev–Trinajstić information content (AvgIpc) is 2.75. The van der Waals surface area contributed by atoms with Gasteiger partial charge >= 0.3 is 0 Å². The molecule has 2 saturated heterocycles. The first-order valence-corrected chi connectivity index (χ1v) is 7.00. The molecule has 1 unspecified atom stereocenters. The molecule has 7 nitrogen and oxygen atoms in total. The Morgan fingerprint density at radius 2 is 1.90 bits per heavy atom. The Bertz CT molecular complexity index is 394. The molecular weight excluding hydrogens is 260 g/mol. The zero-order valence-electron chi connectivity index (χ0n) is 12.1. The van der Waals surface area contributed by atoms with E-state index >= 15 is 0 Å². The van der Waals surface area contributed by atoms with Crippen molar-refractivity contribution in [2.24, 2.45) is 0 Å². The van der Waals surface area contributed by atoms with Crippen LogP contribution < -0.4 is 5.32 Å². The standard InChI is InChI=1S/C13H22N4O3/c1-15(2)13(20)10-9-14-5-6-16(10)7-8-17-11(18)3-4-12(17)19/h10,14H,3-9H2,1-2H3. The van der Waals surface area contributed by atoms with Crippen molar-refractivity contribution in [2.45, 2.75) is 18.9 Å². The van der Waals surface area contributed by atoms with E-state index in [2.05, 4.69) is 10.2 Å². The highest BCUT2D eigenvalue weighted by Gasteiger charge is 2.32. The Morgan fingerprint density at radius 1 is 1.25 bits per heavy atom. The second kappa shape index (κ2) is 6.32. The number of hydrogen-bond donors (Lipinski definition) is 1. The number of hydrogen-bond acceptors (Lipinski definition) is 5. The van der Waals surface area contributed by atoms with Crippen LogP contribution in [0.5, 0.6) is 0 Å². The molecule has 20 heavy (non-hydrogen) atoms. The summed E-state index contributed by atoms with van der Waals surface area (Å²) in [6, 6.07) is -0.216. The lowest BCUT2D eigenvalue weighted by Crippen LogP contribution is -2.58. The van der Waals surface area contributed by atoms with Crippen LogP contribution in [-0.2, 0) is 14.4 Å². The quantitative estimate of drug-likeness (QED) is 0.635. The first kappa shape index (κ1) is 14.9. The zero-order chi connectivity index (χ0) is 14.7. The van der Waals surface area contributed by atoms with Gasteiger partial charge in [0.25, 0.3) is 0 Å². The Balaban J connectivity index is 1.93. The molecule has 2 heterocycles. The number of rotatable bonds is 4. The monoisotopic (exact) mass is 282 g/mol. The summed E-state index contributed by atoms with van der Waals surface area (Å²) in [7, 11) is 3.48. The summed E-state index contributed by atoms with van der Waals surface area (Å²) in [5, 5.41) is 3.21. The van der Waals surface area contributed by atoms with Crippen molar-refractivity contribution in [1.29, 1.82) is 0 Å². The fraction of sp³-hybridized carbons (Fsp3) is 0.769. The highest BCUT2D eigenvalue weighted by molar-refractivity contribution is 6.01. The van der Waals surface area contributed by atoms with Gasteiger partial charge in [0, 0.05) is 59.7 Å². The summed E-state index contributed by atoms with van der Waals surface area (Å²) >= 11 is 0. The molecule has 0 spiro atoms. The number of amides is 3. The molecule has 112 valence electrons. The Labute approximate surface area is 118 Å². The molecule has 0 saturated carbocycles. The number of carbonyl (C=O) groups excluding carboxylic acids is 3. The fourth-order valence-electron chi connectivity index (χ4n) is 2.66. The van der Waals surface area contributed by atoms with Gasteiger partial charge in [0.1, 0.15) is 6.04 Å². The van der Waals surface area contributed by atoms with Crippen LogP contribution in [0.25, 0.3) is 0 Å². The number of nitrogens with zero attached hydrogens (tertiary/aromatic N) is 3. The van der Waals surface area contributed by atoms with E-state index in [0.717, 1.165) is 13.1 Å². The summed E-state index contributed by atoms with van der Waals surface area (Å²) in [5.41, 5.74) is 0. The summed E-state index contributed by atoms with van der Waals surface area (Å²) in [4.78, 5) is 40.2. The van der Waals surface area contributed by atoms with Crippen molar-refractivity contribution in [1.82, 2.24) is 20.0 Å². The zero-order valence-corrected chi connectivity index (χ0v) is 12.1. The summed E-state index contributed by atoms with van der Waals surface area (Å²) < 4.78 is 0. The molecule has 2 rings (SSSR count). The van der Waals surface area contributed by atoms with E-state index in [0.29, 0.717) is 32.5 Å². The average molecular weight is 282 g/mol. The minimum Gasteiger partial charge on any atom is -0.347 e. The van der Waals surface area contributed by atoms with Gasteiger partial charge in [0.15, 0.2) is 0 Å².